The highest BCUT2D eigenvalue weighted by atomic mass is 35.5. The van der Waals surface area contributed by atoms with Gasteiger partial charge in [0.15, 0.2) is 0 Å². The van der Waals surface area contributed by atoms with Gasteiger partial charge in [0.25, 0.3) is 5.91 Å². The van der Waals surface area contributed by atoms with Gasteiger partial charge in [-0.1, -0.05) is 35.9 Å². The molecule has 6 rings (SSSR count). The fourth-order valence-corrected chi connectivity index (χ4v) is 7.07. The first-order valence-electron chi connectivity index (χ1n) is 14.0. The Morgan fingerprint density at radius 1 is 0.791 bits per heavy atom. The number of urea groups is 1. The van der Waals surface area contributed by atoms with E-state index in [1.165, 1.54) is 16.9 Å². The van der Waals surface area contributed by atoms with Gasteiger partial charge in [-0.25, -0.2) is 9.69 Å². The van der Waals surface area contributed by atoms with Crippen LogP contribution in [0.15, 0.2) is 72.8 Å². The molecule has 3 aromatic carbocycles. The van der Waals surface area contributed by atoms with Crippen molar-refractivity contribution in [3.63, 3.8) is 0 Å². The molecule has 0 aromatic heterocycles. The van der Waals surface area contributed by atoms with E-state index in [2.05, 4.69) is 0 Å². The fourth-order valence-electron chi connectivity index (χ4n) is 6.95. The zero-order valence-corrected chi connectivity index (χ0v) is 25.3. The molecular weight excluding hydrogens is 570 g/mol. The lowest BCUT2D eigenvalue weighted by Crippen LogP contribution is -2.57. The summed E-state index contributed by atoms with van der Waals surface area (Å²) in [5.74, 6) is -2.33. The summed E-state index contributed by atoms with van der Waals surface area (Å²) in [7, 11) is 3.08. The topological polar surface area (TPSA) is 96.5 Å². The van der Waals surface area contributed by atoms with Gasteiger partial charge < -0.3 is 14.4 Å². The third-order valence-electron chi connectivity index (χ3n) is 8.73. The van der Waals surface area contributed by atoms with Gasteiger partial charge in [0.1, 0.15) is 17.0 Å². The van der Waals surface area contributed by atoms with Crippen LogP contribution in [0.2, 0.25) is 5.02 Å². The first-order chi connectivity index (χ1) is 20.4. The summed E-state index contributed by atoms with van der Waals surface area (Å²) in [5, 5.41) is 0.512. The van der Waals surface area contributed by atoms with Crippen molar-refractivity contribution >= 4 is 41.0 Å². The number of likely N-dealkylation sites (tertiary alicyclic amines) is 1. The lowest BCUT2D eigenvalue weighted by Gasteiger charge is -2.38. The molecule has 0 N–H and O–H groups in total. The Balaban J connectivity index is 1.60. The molecule has 0 saturated carbocycles. The second kappa shape index (κ2) is 10.1. The van der Waals surface area contributed by atoms with Crippen LogP contribution in [0.4, 0.5) is 10.5 Å². The lowest BCUT2D eigenvalue weighted by atomic mass is 9.75. The first kappa shape index (κ1) is 28.7. The molecule has 0 spiro atoms. The van der Waals surface area contributed by atoms with Gasteiger partial charge in [-0.3, -0.25) is 19.3 Å². The predicted molar refractivity (Wildman–Crippen MR) is 160 cm³/mol. The summed E-state index contributed by atoms with van der Waals surface area (Å²) >= 11 is 6.18. The number of nitrogens with zero attached hydrogens (tertiary/aromatic N) is 3. The third-order valence-corrected chi connectivity index (χ3v) is 8.98. The Kier molecular flexibility index (Phi) is 6.76. The number of halogens is 1. The maximum atomic E-state index is 14.9. The van der Waals surface area contributed by atoms with Crippen molar-refractivity contribution in [2.24, 2.45) is 11.8 Å². The largest absolute Gasteiger partial charge is 0.497 e. The molecule has 222 valence electrons. The van der Waals surface area contributed by atoms with Crippen LogP contribution in [0.5, 0.6) is 11.5 Å². The number of benzene rings is 3. The Hall–Kier alpha value is -4.37. The number of fused-ring (bicyclic) bond motifs is 3. The number of anilines is 1. The Morgan fingerprint density at radius 3 is 1.88 bits per heavy atom. The molecule has 0 bridgehead atoms. The van der Waals surface area contributed by atoms with Gasteiger partial charge in [0, 0.05) is 17.0 Å². The van der Waals surface area contributed by atoms with Crippen LogP contribution in [0.1, 0.15) is 37.9 Å². The van der Waals surface area contributed by atoms with Gasteiger partial charge in [-0.2, -0.15) is 0 Å². The molecule has 4 atom stereocenters. The number of amides is 5. The van der Waals surface area contributed by atoms with Crippen LogP contribution in [0.25, 0.3) is 0 Å². The average Bonchev–Trinajstić information content (AvgIpc) is 3.51. The molecule has 3 aliphatic heterocycles. The summed E-state index contributed by atoms with van der Waals surface area (Å²) < 4.78 is 10.6. The summed E-state index contributed by atoms with van der Waals surface area (Å²) in [6.07, 6.45) is 0.0201. The monoisotopic (exact) mass is 601 g/mol. The second-order valence-corrected chi connectivity index (χ2v) is 12.6. The number of hydrogen-bond acceptors (Lipinski definition) is 6. The molecule has 43 heavy (non-hydrogen) atoms. The van der Waals surface area contributed by atoms with E-state index in [-0.39, 0.29) is 6.42 Å². The van der Waals surface area contributed by atoms with E-state index < -0.39 is 52.7 Å². The summed E-state index contributed by atoms with van der Waals surface area (Å²) in [4.78, 5) is 62.0. The number of ether oxygens (including phenoxy) is 2. The molecule has 3 unspecified atom stereocenters. The van der Waals surface area contributed by atoms with Gasteiger partial charge >= 0.3 is 6.03 Å². The van der Waals surface area contributed by atoms with Crippen LogP contribution in [0.3, 0.4) is 0 Å². The zero-order chi connectivity index (χ0) is 30.8. The molecule has 3 aliphatic rings. The van der Waals surface area contributed by atoms with Crippen molar-refractivity contribution in [2.45, 2.75) is 44.3 Å². The van der Waals surface area contributed by atoms with E-state index in [0.717, 1.165) is 4.90 Å². The molecule has 3 saturated heterocycles. The van der Waals surface area contributed by atoms with Gasteiger partial charge in [-0.15, -0.1) is 0 Å². The van der Waals surface area contributed by atoms with Crippen molar-refractivity contribution in [3.05, 3.63) is 88.9 Å². The predicted octanol–water partition coefficient (Wildman–Crippen LogP) is 5.26. The van der Waals surface area contributed by atoms with Gasteiger partial charge in [-0.05, 0) is 80.4 Å². The first-order valence-corrected chi connectivity index (χ1v) is 14.4. The number of methoxy groups -OCH3 is 2. The van der Waals surface area contributed by atoms with Crippen LogP contribution in [-0.2, 0) is 20.8 Å². The molecule has 3 heterocycles. The molecule has 10 heteroatoms. The standard InChI is InChI=1S/C33H32ClN3O6/c1-32(2,3)37-28(38)25-26(29(37)39)33(18-19-6-10-21(34)11-7-19)30(40)35(22-12-16-24(43-5)17-13-22)31(41)36(33)27(25)20-8-14-23(42-4)15-9-20/h6-17,25-27H,18H2,1-5H3/t25?,26?,27?,33-/m1/s1. The van der Waals surface area contributed by atoms with Crippen molar-refractivity contribution in [1.29, 1.82) is 0 Å². The Labute approximate surface area is 254 Å². The van der Waals surface area contributed by atoms with Crippen molar-refractivity contribution in [3.8, 4) is 11.5 Å². The minimum atomic E-state index is -1.67. The second-order valence-electron chi connectivity index (χ2n) is 12.1. The smallest absolute Gasteiger partial charge is 0.332 e. The number of rotatable bonds is 6. The van der Waals surface area contributed by atoms with E-state index in [9.17, 15) is 19.2 Å². The molecular formula is C33H32ClN3O6. The van der Waals surface area contributed by atoms with Crippen LogP contribution >= 0.6 is 11.6 Å². The molecule has 5 amide bonds. The van der Waals surface area contributed by atoms with Crippen molar-refractivity contribution in [1.82, 2.24) is 9.80 Å². The van der Waals surface area contributed by atoms with E-state index in [0.29, 0.717) is 33.3 Å². The minimum Gasteiger partial charge on any atom is -0.497 e. The molecule has 0 aliphatic carbocycles. The quantitative estimate of drug-likeness (QED) is 0.282. The minimum absolute atomic E-state index is 0.0201. The normalized spacial score (nSPS) is 25.0. The highest BCUT2D eigenvalue weighted by Gasteiger charge is 2.77. The summed E-state index contributed by atoms with van der Waals surface area (Å²) in [5.41, 5.74) is -0.835. The van der Waals surface area contributed by atoms with E-state index >= 15 is 0 Å². The van der Waals surface area contributed by atoms with Gasteiger partial charge in [0.2, 0.25) is 11.8 Å². The summed E-state index contributed by atoms with van der Waals surface area (Å²) in [6.45, 7) is 5.38. The zero-order valence-electron chi connectivity index (χ0n) is 24.5. The third kappa shape index (κ3) is 4.20. The number of imide groups is 2. The SMILES string of the molecule is COc1ccc(C2C3C(=O)N(C(C)(C)C)C(=O)C3[C@]3(Cc4ccc(Cl)cc4)C(=O)N(c4ccc(OC)cc4)C(=O)N23)cc1. The molecule has 3 fully saturated rings. The fraction of sp³-hybridized carbons (Fsp3) is 0.333. The average molecular weight is 602 g/mol. The number of carbonyl (C=O) groups is 4. The van der Waals surface area contributed by atoms with Crippen LogP contribution in [0, 0.1) is 11.8 Å². The maximum absolute atomic E-state index is 14.9. The Bertz CT molecular complexity index is 1620. The van der Waals surface area contributed by atoms with E-state index in [1.807, 2.05) is 0 Å². The van der Waals surface area contributed by atoms with Crippen LogP contribution in [-0.4, -0.2) is 58.8 Å². The van der Waals surface area contributed by atoms with E-state index in [4.69, 9.17) is 21.1 Å². The number of carbonyl (C=O) groups excluding carboxylic acids is 4. The van der Waals surface area contributed by atoms with E-state index in [1.54, 1.807) is 101 Å². The summed E-state index contributed by atoms with van der Waals surface area (Å²) in [6, 6.07) is 19.2. The Morgan fingerprint density at radius 2 is 1.35 bits per heavy atom. The van der Waals surface area contributed by atoms with Crippen LogP contribution < -0.4 is 14.4 Å². The van der Waals surface area contributed by atoms with Gasteiger partial charge in [0.05, 0.1) is 37.8 Å². The molecule has 9 nitrogen and oxygen atoms in total. The maximum Gasteiger partial charge on any atom is 0.332 e. The lowest BCUT2D eigenvalue weighted by molar-refractivity contribution is -0.149. The van der Waals surface area contributed by atoms with Crippen molar-refractivity contribution < 1.29 is 28.7 Å². The highest BCUT2D eigenvalue weighted by Crippen LogP contribution is 2.60. The molecule has 0 radical (unpaired) electrons. The molecule has 3 aromatic rings. The highest BCUT2D eigenvalue weighted by molar-refractivity contribution is 6.30. The number of hydrogen-bond donors (Lipinski definition) is 0. The van der Waals surface area contributed by atoms with Crippen molar-refractivity contribution in [2.75, 3.05) is 19.1 Å².